The van der Waals surface area contributed by atoms with Gasteiger partial charge in [-0.3, -0.25) is 4.79 Å². The van der Waals surface area contributed by atoms with E-state index < -0.39 is 0 Å². The van der Waals surface area contributed by atoms with Gasteiger partial charge in [-0.15, -0.1) is 0 Å². The van der Waals surface area contributed by atoms with Crippen LogP contribution in [-0.4, -0.2) is 90.1 Å². The minimum Gasteiger partial charge on any atom is -0.381 e. The molecule has 0 radical (unpaired) electrons. The van der Waals surface area contributed by atoms with E-state index in [0.29, 0.717) is 19.3 Å². The summed E-state index contributed by atoms with van der Waals surface area (Å²) in [7, 11) is 3.94. The third kappa shape index (κ3) is 5.01. The van der Waals surface area contributed by atoms with Crippen LogP contribution in [0.1, 0.15) is 41.6 Å². The number of morpholine rings is 1. The number of carbonyl (C=O) groups is 1. The maximum absolute atomic E-state index is 13.6. The zero-order valence-corrected chi connectivity index (χ0v) is 25.3. The fourth-order valence-corrected chi connectivity index (χ4v) is 7.35. The minimum atomic E-state index is 0.104. The fraction of sp³-hybridized carbons (Fsp3) is 0.529. The number of carbonyl (C=O) groups excluding carboxylic acids is 1. The van der Waals surface area contributed by atoms with E-state index in [-0.39, 0.29) is 11.9 Å². The van der Waals surface area contributed by atoms with Crippen LogP contribution in [0.25, 0.3) is 33.5 Å². The molecule has 9 heteroatoms. The first kappa shape index (κ1) is 27.2. The highest BCUT2D eigenvalue weighted by Gasteiger charge is 2.30. The second-order valence-corrected chi connectivity index (χ2v) is 13.0. The van der Waals surface area contributed by atoms with Gasteiger partial charge >= 0.3 is 0 Å². The van der Waals surface area contributed by atoms with Crippen LogP contribution in [-0.2, 0) is 29.5 Å². The van der Waals surface area contributed by atoms with Gasteiger partial charge in [0.2, 0.25) is 0 Å². The molecule has 9 nitrogen and oxygen atoms in total. The van der Waals surface area contributed by atoms with E-state index in [1.807, 2.05) is 18.1 Å². The van der Waals surface area contributed by atoms with Gasteiger partial charge in [0.25, 0.3) is 5.91 Å². The number of hydrogen-bond donors (Lipinski definition) is 1. The van der Waals surface area contributed by atoms with Crippen LogP contribution in [0.5, 0.6) is 0 Å². The SMILES string of the molecule is COC1CCN(c2ccc3cc(-c4nc5cc6c(cc5n4C)CCN(CC4COCCN4)C6=O)n(CC4CC4)c3c2)CC1. The number of fused-ring (bicyclic) bond motifs is 3. The molecular formula is C34H42N6O3. The van der Waals surface area contributed by atoms with E-state index >= 15 is 0 Å². The third-order valence-electron chi connectivity index (χ3n) is 10.1. The number of piperidine rings is 1. The lowest BCUT2D eigenvalue weighted by molar-refractivity contribution is 0.0512. The summed E-state index contributed by atoms with van der Waals surface area (Å²) in [6, 6.07) is 13.7. The topological polar surface area (TPSA) is 76.8 Å². The zero-order chi connectivity index (χ0) is 29.1. The van der Waals surface area contributed by atoms with Gasteiger partial charge in [0.15, 0.2) is 5.82 Å². The van der Waals surface area contributed by atoms with E-state index in [0.717, 1.165) is 98.2 Å². The largest absolute Gasteiger partial charge is 0.381 e. The quantitative estimate of drug-likeness (QED) is 0.352. The van der Waals surface area contributed by atoms with Crippen molar-refractivity contribution in [3.05, 3.63) is 47.5 Å². The molecule has 0 spiro atoms. The number of nitrogens with zero attached hydrogens (tertiary/aromatic N) is 5. The van der Waals surface area contributed by atoms with E-state index in [9.17, 15) is 4.79 Å². The molecule has 1 saturated carbocycles. The third-order valence-corrected chi connectivity index (χ3v) is 10.1. The molecule has 1 N–H and O–H groups in total. The van der Waals surface area contributed by atoms with Crippen molar-refractivity contribution in [2.75, 3.05) is 57.9 Å². The van der Waals surface area contributed by atoms with Gasteiger partial charge in [-0.2, -0.15) is 0 Å². The van der Waals surface area contributed by atoms with Crippen molar-refractivity contribution in [1.82, 2.24) is 24.3 Å². The Kier molecular flexibility index (Phi) is 6.92. The van der Waals surface area contributed by atoms with Crippen molar-refractivity contribution in [3.8, 4) is 11.5 Å². The molecule has 43 heavy (non-hydrogen) atoms. The number of rotatable bonds is 7. The van der Waals surface area contributed by atoms with Crippen molar-refractivity contribution in [1.29, 1.82) is 0 Å². The number of aryl methyl sites for hydroxylation is 1. The molecule has 1 atom stereocenters. The maximum atomic E-state index is 13.6. The summed E-state index contributed by atoms with van der Waals surface area (Å²) < 4.78 is 16.0. The highest BCUT2D eigenvalue weighted by atomic mass is 16.5. The Bertz CT molecular complexity index is 1670. The summed E-state index contributed by atoms with van der Waals surface area (Å²) in [5.74, 6) is 1.79. The lowest BCUT2D eigenvalue weighted by Crippen LogP contribution is -2.51. The summed E-state index contributed by atoms with van der Waals surface area (Å²) in [5, 5.41) is 4.74. The Morgan fingerprint density at radius 2 is 1.88 bits per heavy atom. The molecular weight excluding hydrogens is 540 g/mol. The average Bonchev–Trinajstić information content (AvgIpc) is 3.72. The van der Waals surface area contributed by atoms with Crippen LogP contribution >= 0.6 is 0 Å². The minimum absolute atomic E-state index is 0.104. The molecule has 0 bridgehead atoms. The first-order valence-corrected chi connectivity index (χ1v) is 16.1. The second-order valence-electron chi connectivity index (χ2n) is 13.0. The number of anilines is 1. The highest BCUT2D eigenvalue weighted by Crippen LogP contribution is 2.38. The van der Waals surface area contributed by atoms with Gasteiger partial charge in [0.05, 0.1) is 41.6 Å². The highest BCUT2D eigenvalue weighted by molar-refractivity contribution is 6.00. The van der Waals surface area contributed by atoms with Crippen LogP contribution in [0.15, 0.2) is 36.4 Å². The summed E-state index contributed by atoms with van der Waals surface area (Å²) in [5.41, 5.74) is 7.62. The normalized spacial score (nSPS) is 21.7. The Hall–Kier alpha value is -3.40. The van der Waals surface area contributed by atoms with Gasteiger partial charge in [-0.05, 0) is 73.9 Å². The van der Waals surface area contributed by atoms with Crippen molar-refractivity contribution in [2.45, 2.75) is 50.8 Å². The number of hydrogen-bond acceptors (Lipinski definition) is 6. The number of methoxy groups -OCH3 is 1. The number of aromatic nitrogens is 3. The second kappa shape index (κ2) is 10.9. The standard InChI is InChI=1S/C34H42N6O3/c1-37-31-15-23-7-11-39(20-25-21-43-14-10-35-25)34(41)28(23)18-29(31)36-33(37)32-16-24-5-6-26(38-12-8-27(42-2)9-13-38)17-30(24)40(32)19-22-3-4-22/h5-6,15-18,22,25,27,35H,3-4,7-14,19-21H2,1-2H3. The lowest BCUT2D eigenvalue weighted by atomic mass is 9.97. The van der Waals surface area contributed by atoms with E-state index in [4.69, 9.17) is 14.5 Å². The Labute approximate surface area is 252 Å². The number of ether oxygens (including phenoxy) is 2. The molecule has 1 aliphatic carbocycles. The summed E-state index contributed by atoms with van der Waals surface area (Å²) >= 11 is 0. The molecule has 3 fully saturated rings. The molecule has 1 amide bonds. The van der Waals surface area contributed by atoms with Gasteiger partial charge in [0, 0.05) is 76.1 Å². The molecule has 226 valence electrons. The average molecular weight is 583 g/mol. The molecule has 1 unspecified atom stereocenters. The Morgan fingerprint density at radius 1 is 1.02 bits per heavy atom. The zero-order valence-electron chi connectivity index (χ0n) is 25.3. The number of benzene rings is 2. The van der Waals surface area contributed by atoms with E-state index in [2.05, 4.69) is 56.7 Å². The van der Waals surface area contributed by atoms with Crippen LogP contribution in [0.3, 0.4) is 0 Å². The van der Waals surface area contributed by atoms with Crippen molar-refractivity contribution in [3.63, 3.8) is 0 Å². The molecule has 2 aromatic carbocycles. The molecule has 4 aliphatic rings. The fourth-order valence-electron chi connectivity index (χ4n) is 7.35. The number of nitrogens with one attached hydrogen (secondary N) is 1. The van der Waals surface area contributed by atoms with Crippen LogP contribution in [0, 0.1) is 5.92 Å². The van der Waals surface area contributed by atoms with Gasteiger partial charge < -0.3 is 33.7 Å². The smallest absolute Gasteiger partial charge is 0.254 e. The summed E-state index contributed by atoms with van der Waals surface area (Å²) in [6.45, 7) is 6.71. The predicted molar refractivity (Wildman–Crippen MR) is 169 cm³/mol. The summed E-state index contributed by atoms with van der Waals surface area (Å²) in [6.07, 6.45) is 5.95. The number of amides is 1. The van der Waals surface area contributed by atoms with Crippen molar-refractivity contribution < 1.29 is 14.3 Å². The molecule has 5 heterocycles. The predicted octanol–water partition coefficient (Wildman–Crippen LogP) is 4.21. The molecule has 4 aromatic rings. The van der Waals surface area contributed by atoms with Crippen molar-refractivity contribution in [2.24, 2.45) is 13.0 Å². The van der Waals surface area contributed by atoms with Gasteiger partial charge in [0.1, 0.15) is 0 Å². The molecule has 2 aromatic heterocycles. The van der Waals surface area contributed by atoms with E-state index in [1.165, 1.54) is 29.4 Å². The first-order valence-electron chi connectivity index (χ1n) is 16.1. The molecule has 3 aliphatic heterocycles. The van der Waals surface area contributed by atoms with Crippen LogP contribution in [0.4, 0.5) is 5.69 Å². The molecule has 8 rings (SSSR count). The van der Waals surface area contributed by atoms with Gasteiger partial charge in [-0.25, -0.2) is 4.98 Å². The monoisotopic (exact) mass is 582 g/mol. The Morgan fingerprint density at radius 3 is 2.65 bits per heavy atom. The first-order chi connectivity index (χ1) is 21.1. The van der Waals surface area contributed by atoms with Crippen molar-refractivity contribution >= 4 is 33.5 Å². The van der Waals surface area contributed by atoms with Gasteiger partial charge in [-0.1, -0.05) is 6.07 Å². The lowest BCUT2D eigenvalue weighted by Gasteiger charge is -2.33. The van der Waals surface area contributed by atoms with E-state index in [1.54, 1.807) is 0 Å². The molecule has 2 saturated heterocycles. The summed E-state index contributed by atoms with van der Waals surface area (Å²) in [4.78, 5) is 23.3. The van der Waals surface area contributed by atoms with Crippen LogP contribution < -0.4 is 10.2 Å². The maximum Gasteiger partial charge on any atom is 0.254 e. The van der Waals surface area contributed by atoms with Crippen LogP contribution in [0.2, 0.25) is 0 Å². The Balaban J connectivity index is 1.14. The number of imidazole rings is 1.